The van der Waals surface area contributed by atoms with Gasteiger partial charge in [0, 0.05) is 6.21 Å². The summed E-state index contributed by atoms with van der Waals surface area (Å²) in [5.41, 5.74) is 9.43. The van der Waals surface area contributed by atoms with E-state index >= 15 is 0 Å². The molecule has 0 fully saturated rings. The Morgan fingerprint density at radius 3 is 1.80 bits per heavy atom. The lowest BCUT2D eigenvalue weighted by Gasteiger charge is -2.21. The normalized spacial score (nSPS) is 12.3. The summed E-state index contributed by atoms with van der Waals surface area (Å²) >= 11 is 0. The fourth-order valence-electron chi connectivity index (χ4n) is 6.30. The van der Waals surface area contributed by atoms with E-state index in [9.17, 15) is 0 Å². The van der Waals surface area contributed by atoms with Gasteiger partial charge in [-0.2, -0.15) is 0 Å². The van der Waals surface area contributed by atoms with Gasteiger partial charge < -0.3 is 5.41 Å². The summed E-state index contributed by atoms with van der Waals surface area (Å²) in [5.74, 6) is 0. The topological polar surface area (TPSA) is 23.9 Å². The summed E-state index contributed by atoms with van der Waals surface area (Å²) in [5, 5.41) is 14.9. The first-order chi connectivity index (χ1) is 21.8. The van der Waals surface area contributed by atoms with Crippen LogP contribution in [0.2, 0.25) is 0 Å². The Bertz CT molecular complexity index is 2090. The third-order valence-corrected chi connectivity index (χ3v) is 8.69. The Balaban J connectivity index is 1.46. The van der Waals surface area contributed by atoms with Crippen molar-refractivity contribution in [1.29, 1.82) is 5.41 Å². The molecule has 0 heterocycles. The Morgan fingerprint density at radius 1 is 0.689 bits per heavy atom. The van der Waals surface area contributed by atoms with Crippen LogP contribution >= 0.6 is 0 Å². The Kier molecular flexibility index (Phi) is 8.20. The molecular formula is C44H39N. The molecule has 0 aliphatic rings. The van der Waals surface area contributed by atoms with Crippen LogP contribution in [0.25, 0.3) is 54.6 Å². The van der Waals surface area contributed by atoms with Crippen LogP contribution < -0.4 is 0 Å². The molecule has 0 spiro atoms. The number of nitrogens with one attached hydrogen (secondary N) is 1. The molecule has 1 nitrogen and oxygen atoms in total. The van der Waals surface area contributed by atoms with Crippen molar-refractivity contribution in [2.45, 2.75) is 32.6 Å². The van der Waals surface area contributed by atoms with Crippen LogP contribution in [-0.4, -0.2) is 6.21 Å². The van der Waals surface area contributed by atoms with Crippen molar-refractivity contribution in [3.8, 4) is 22.3 Å². The second-order valence-corrected chi connectivity index (χ2v) is 12.7. The zero-order valence-electron chi connectivity index (χ0n) is 26.4. The van der Waals surface area contributed by atoms with Crippen LogP contribution in [0.3, 0.4) is 0 Å². The molecule has 0 aliphatic heterocycles. The lowest BCUT2D eigenvalue weighted by atomic mass is 9.83. The first kappa shape index (κ1) is 29.8. The molecule has 0 aliphatic carbocycles. The Hall–Kier alpha value is -5.27. The third-order valence-electron chi connectivity index (χ3n) is 8.69. The smallest absolute Gasteiger partial charge is 0.0183 e. The second kappa shape index (κ2) is 12.4. The summed E-state index contributed by atoms with van der Waals surface area (Å²) in [6, 6.07) is 40.4. The molecule has 1 heteroatoms. The number of benzene rings is 6. The SMILES string of the molecule is C=C/C(=C\C=N)C(=C)/C=C\Cc1ccc2ccc(-c3c4ccccc4c(-c4ccc(C(C)(C)C)cc4)c4ccccc34)cc2c1. The van der Waals surface area contributed by atoms with Gasteiger partial charge in [0.1, 0.15) is 0 Å². The molecule has 0 aromatic heterocycles. The first-order valence-electron chi connectivity index (χ1n) is 15.5. The maximum absolute atomic E-state index is 7.35. The van der Waals surface area contributed by atoms with Gasteiger partial charge in [0.05, 0.1) is 0 Å². The lowest BCUT2D eigenvalue weighted by molar-refractivity contribution is 0.590. The van der Waals surface area contributed by atoms with Crippen molar-refractivity contribution < 1.29 is 0 Å². The maximum atomic E-state index is 7.35. The van der Waals surface area contributed by atoms with E-state index in [1.807, 2.05) is 6.08 Å². The number of rotatable bonds is 8. The van der Waals surface area contributed by atoms with Crippen molar-refractivity contribution in [2.24, 2.45) is 0 Å². The molecule has 0 saturated heterocycles. The number of hydrogen-bond donors (Lipinski definition) is 1. The van der Waals surface area contributed by atoms with E-state index in [-0.39, 0.29) is 5.41 Å². The molecule has 0 saturated carbocycles. The summed E-state index contributed by atoms with van der Waals surface area (Å²) < 4.78 is 0. The first-order valence-corrected chi connectivity index (χ1v) is 15.5. The lowest BCUT2D eigenvalue weighted by Crippen LogP contribution is -2.10. The summed E-state index contributed by atoms with van der Waals surface area (Å²) in [6.07, 6.45) is 9.64. The van der Waals surface area contributed by atoms with Crippen molar-refractivity contribution in [3.05, 3.63) is 169 Å². The highest BCUT2D eigenvalue weighted by molar-refractivity contribution is 6.21. The molecule has 1 N–H and O–H groups in total. The van der Waals surface area contributed by atoms with E-state index in [2.05, 4.69) is 149 Å². The van der Waals surface area contributed by atoms with E-state index in [1.54, 1.807) is 12.2 Å². The van der Waals surface area contributed by atoms with Crippen molar-refractivity contribution in [2.75, 3.05) is 0 Å². The van der Waals surface area contributed by atoms with E-state index in [1.165, 1.54) is 71.9 Å². The van der Waals surface area contributed by atoms with Crippen LogP contribution in [0.15, 0.2) is 158 Å². The highest BCUT2D eigenvalue weighted by Crippen LogP contribution is 2.44. The monoisotopic (exact) mass is 581 g/mol. The van der Waals surface area contributed by atoms with Gasteiger partial charge in [-0.1, -0.05) is 155 Å². The van der Waals surface area contributed by atoms with Crippen LogP contribution in [0, 0.1) is 5.41 Å². The zero-order valence-corrected chi connectivity index (χ0v) is 26.4. The summed E-state index contributed by atoms with van der Waals surface area (Å²) in [6.45, 7) is 14.8. The Labute approximate surface area is 267 Å². The molecule has 6 rings (SSSR count). The molecule has 220 valence electrons. The predicted molar refractivity (Wildman–Crippen MR) is 198 cm³/mol. The van der Waals surface area contributed by atoms with Gasteiger partial charge in [0.2, 0.25) is 0 Å². The van der Waals surface area contributed by atoms with Crippen molar-refractivity contribution in [1.82, 2.24) is 0 Å². The number of fused-ring (bicyclic) bond motifs is 3. The van der Waals surface area contributed by atoms with Gasteiger partial charge in [-0.25, -0.2) is 0 Å². The highest BCUT2D eigenvalue weighted by Gasteiger charge is 2.18. The minimum atomic E-state index is 0.112. The molecule has 0 bridgehead atoms. The zero-order chi connectivity index (χ0) is 31.6. The molecular weight excluding hydrogens is 542 g/mol. The molecule has 6 aromatic rings. The molecule has 6 aromatic carbocycles. The molecule has 0 amide bonds. The van der Waals surface area contributed by atoms with E-state index in [0.717, 1.165) is 17.6 Å². The number of hydrogen-bond acceptors (Lipinski definition) is 1. The summed E-state index contributed by atoms with van der Waals surface area (Å²) in [7, 11) is 0. The average molecular weight is 582 g/mol. The largest absolute Gasteiger partial charge is 0.309 e. The van der Waals surface area contributed by atoms with Gasteiger partial charge in [-0.15, -0.1) is 0 Å². The Morgan fingerprint density at radius 2 is 1.24 bits per heavy atom. The summed E-state index contributed by atoms with van der Waals surface area (Å²) in [4.78, 5) is 0. The van der Waals surface area contributed by atoms with Crippen LogP contribution in [0.1, 0.15) is 31.9 Å². The standard InChI is InChI=1S/C44H39N/c1-6-32(26-27-45)30(2)12-11-13-31-18-19-33-20-21-35(29-36(33)28-31)43-40-16-9-7-14-38(40)42(39-15-8-10-17-41(39)43)34-22-24-37(25-23-34)44(3,4)5/h6-12,14-29,45H,1-2,13H2,3-5H3/b12-11-,32-26+,45-27?. The third kappa shape index (κ3) is 5.95. The van der Waals surface area contributed by atoms with Crippen LogP contribution in [-0.2, 0) is 11.8 Å². The van der Waals surface area contributed by atoms with Gasteiger partial charge in [-0.3, -0.25) is 0 Å². The van der Waals surface area contributed by atoms with E-state index in [4.69, 9.17) is 5.41 Å². The predicted octanol–water partition coefficient (Wildman–Crippen LogP) is 12.2. The molecule has 0 radical (unpaired) electrons. The second-order valence-electron chi connectivity index (χ2n) is 12.7. The van der Waals surface area contributed by atoms with E-state index in [0.29, 0.717) is 0 Å². The molecule has 0 atom stereocenters. The minimum absolute atomic E-state index is 0.112. The highest BCUT2D eigenvalue weighted by atomic mass is 14.3. The van der Waals surface area contributed by atoms with Gasteiger partial charge >= 0.3 is 0 Å². The average Bonchev–Trinajstić information content (AvgIpc) is 3.05. The van der Waals surface area contributed by atoms with Gasteiger partial charge in [-0.05, 0) is 101 Å². The quantitative estimate of drug-likeness (QED) is 0.105. The van der Waals surface area contributed by atoms with Crippen molar-refractivity contribution >= 4 is 38.5 Å². The maximum Gasteiger partial charge on any atom is 0.0183 e. The van der Waals surface area contributed by atoms with Crippen LogP contribution in [0.4, 0.5) is 0 Å². The fraction of sp³-hybridized carbons (Fsp3) is 0.114. The number of allylic oxidation sites excluding steroid dienone is 6. The minimum Gasteiger partial charge on any atom is -0.309 e. The molecule has 45 heavy (non-hydrogen) atoms. The van der Waals surface area contributed by atoms with E-state index < -0.39 is 0 Å². The van der Waals surface area contributed by atoms with Crippen molar-refractivity contribution in [3.63, 3.8) is 0 Å². The van der Waals surface area contributed by atoms with Gasteiger partial charge in [0.25, 0.3) is 0 Å². The van der Waals surface area contributed by atoms with Crippen LogP contribution in [0.5, 0.6) is 0 Å². The fourth-order valence-corrected chi connectivity index (χ4v) is 6.30. The molecule has 0 unspecified atom stereocenters. The van der Waals surface area contributed by atoms with Gasteiger partial charge in [0.15, 0.2) is 0 Å².